The zero-order chi connectivity index (χ0) is 13.0. The van der Waals surface area contributed by atoms with Gasteiger partial charge in [-0.25, -0.2) is 8.42 Å². The van der Waals surface area contributed by atoms with Crippen LogP contribution in [-0.4, -0.2) is 33.9 Å². The molecule has 2 N–H and O–H groups in total. The van der Waals surface area contributed by atoms with E-state index in [0.717, 1.165) is 13.0 Å². The first-order valence-electron chi connectivity index (χ1n) is 5.99. The summed E-state index contributed by atoms with van der Waals surface area (Å²) in [5.74, 6) is 0.532. The summed E-state index contributed by atoms with van der Waals surface area (Å²) in [6, 6.07) is 7.02. The van der Waals surface area contributed by atoms with Crippen LogP contribution in [0.5, 0.6) is 5.75 Å². The maximum Gasteiger partial charge on any atom is 0.236 e. The van der Waals surface area contributed by atoms with Crippen LogP contribution >= 0.6 is 0 Å². The van der Waals surface area contributed by atoms with Crippen molar-refractivity contribution < 1.29 is 13.2 Å². The SMILES string of the molecule is COc1ccccc1NS(=O)(=O)C1CCCNC1. The van der Waals surface area contributed by atoms with Gasteiger partial charge in [0.2, 0.25) is 10.0 Å². The van der Waals surface area contributed by atoms with E-state index in [4.69, 9.17) is 4.74 Å². The lowest BCUT2D eigenvalue weighted by Crippen LogP contribution is -2.41. The van der Waals surface area contributed by atoms with Crippen molar-refractivity contribution in [3.63, 3.8) is 0 Å². The lowest BCUT2D eigenvalue weighted by Gasteiger charge is -2.23. The smallest absolute Gasteiger partial charge is 0.236 e. The molecular weight excluding hydrogens is 252 g/mol. The predicted molar refractivity (Wildman–Crippen MR) is 71.4 cm³/mol. The minimum absolute atomic E-state index is 0.379. The molecule has 1 fully saturated rings. The second kappa shape index (κ2) is 5.58. The van der Waals surface area contributed by atoms with Crippen molar-refractivity contribution in [1.82, 2.24) is 5.32 Å². The number of hydrogen-bond donors (Lipinski definition) is 2. The van der Waals surface area contributed by atoms with Crippen LogP contribution in [0.4, 0.5) is 5.69 Å². The molecule has 0 amide bonds. The number of anilines is 1. The summed E-state index contributed by atoms with van der Waals surface area (Å²) in [5.41, 5.74) is 0.491. The minimum atomic E-state index is -3.36. The van der Waals surface area contributed by atoms with Crippen LogP contribution in [0.25, 0.3) is 0 Å². The van der Waals surface area contributed by atoms with Crippen molar-refractivity contribution in [3.8, 4) is 5.75 Å². The molecule has 1 atom stereocenters. The summed E-state index contributed by atoms with van der Waals surface area (Å²) >= 11 is 0. The Kier molecular flexibility index (Phi) is 4.08. The number of hydrogen-bond acceptors (Lipinski definition) is 4. The van der Waals surface area contributed by atoms with E-state index in [1.54, 1.807) is 24.3 Å². The van der Waals surface area contributed by atoms with E-state index >= 15 is 0 Å². The summed E-state index contributed by atoms with van der Waals surface area (Å²) < 4.78 is 32.2. The molecule has 0 aliphatic carbocycles. The Bertz CT molecular complexity index is 496. The Morgan fingerprint density at radius 3 is 2.83 bits per heavy atom. The predicted octanol–water partition coefficient (Wildman–Crippen LogP) is 1.19. The van der Waals surface area contributed by atoms with E-state index in [9.17, 15) is 8.42 Å². The molecule has 6 heteroatoms. The van der Waals surface area contributed by atoms with Gasteiger partial charge in [0.05, 0.1) is 18.0 Å². The normalized spacial score (nSPS) is 20.4. The van der Waals surface area contributed by atoms with Gasteiger partial charge in [0.25, 0.3) is 0 Å². The summed E-state index contributed by atoms with van der Waals surface area (Å²) in [5, 5.41) is 2.73. The number of piperidine rings is 1. The molecule has 1 aromatic carbocycles. The van der Waals surface area contributed by atoms with Crippen molar-refractivity contribution in [2.75, 3.05) is 24.9 Å². The monoisotopic (exact) mass is 270 g/mol. The molecule has 18 heavy (non-hydrogen) atoms. The average molecular weight is 270 g/mol. The lowest BCUT2D eigenvalue weighted by atomic mass is 10.2. The molecule has 0 spiro atoms. The molecule has 1 heterocycles. The quantitative estimate of drug-likeness (QED) is 0.862. The summed E-state index contributed by atoms with van der Waals surface area (Å²) in [7, 11) is -1.84. The van der Waals surface area contributed by atoms with Gasteiger partial charge in [-0.15, -0.1) is 0 Å². The summed E-state index contributed by atoms with van der Waals surface area (Å²) in [6.45, 7) is 1.39. The molecule has 0 aromatic heterocycles. The average Bonchev–Trinajstić information content (AvgIpc) is 2.40. The largest absolute Gasteiger partial charge is 0.495 e. The fourth-order valence-electron chi connectivity index (χ4n) is 2.05. The molecule has 1 aromatic rings. The summed E-state index contributed by atoms with van der Waals surface area (Å²) in [6.07, 6.45) is 1.58. The Morgan fingerprint density at radius 1 is 1.39 bits per heavy atom. The number of benzene rings is 1. The standard InChI is InChI=1S/C12H18N2O3S/c1-17-12-7-3-2-6-11(12)14-18(15,16)10-5-4-8-13-9-10/h2-3,6-7,10,13-14H,4-5,8-9H2,1H3. The fraction of sp³-hybridized carbons (Fsp3) is 0.500. The van der Waals surface area contributed by atoms with Gasteiger partial charge in [-0.05, 0) is 31.5 Å². The molecule has 0 saturated carbocycles. The molecular formula is C12H18N2O3S. The van der Waals surface area contributed by atoms with E-state index in [0.29, 0.717) is 24.4 Å². The van der Waals surface area contributed by atoms with Crippen molar-refractivity contribution in [1.29, 1.82) is 0 Å². The van der Waals surface area contributed by atoms with E-state index in [-0.39, 0.29) is 5.25 Å². The van der Waals surface area contributed by atoms with Crippen LogP contribution in [0, 0.1) is 0 Å². The first-order chi connectivity index (χ1) is 8.63. The van der Waals surface area contributed by atoms with Crippen LogP contribution in [0.15, 0.2) is 24.3 Å². The number of para-hydroxylation sites is 2. The first-order valence-corrected chi connectivity index (χ1v) is 7.53. The first kappa shape index (κ1) is 13.2. The zero-order valence-corrected chi connectivity index (χ0v) is 11.2. The lowest BCUT2D eigenvalue weighted by molar-refractivity contribution is 0.417. The van der Waals surface area contributed by atoms with Gasteiger partial charge in [-0.2, -0.15) is 0 Å². The van der Waals surface area contributed by atoms with Gasteiger partial charge in [0, 0.05) is 6.54 Å². The Labute approximate surface area is 108 Å². The molecule has 0 bridgehead atoms. The Morgan fingerprint density at radius 2 is 2.17 bits per heavy atom. The van der Waals surface area contributed by atoms with Crippen LogP contribution in [-0.2, 0) is 10.0 Å². The van der Waals surface area contributed by atoms with Gasteiger partial charge in [0.1, 0.15) is 5.75 Å². The van der Waals surface area contributed by atoms with Crippen LogP contribution in [0.1, 0.15) is 12.8 Å². The maximum absolute atomic E-state index is 12.2. The van der Waals surface area contributed by atoms with Gasteiger partial charge in [0.15, 0.2) is 0 Å². The molecule has 1 unspecified atom stereocenters. The van der Waals surface area contributed by atoms with Crippen molar-refractivity contribution >= 4 is 15.7 Å². The number of nitrogens with one attached hydrogen (secondary N) is 2. The maximum atomic E-state index is 12.2. The fourth-order valence-corrected chi connectivity index (χ4v) is 3.51. The number of rotatable bonds is 4. The molecule has 1 saturated heterocycles. The second-order valence-electron chi connectivity index (χ2n) is 4.32. The third-order valence-corrected chi connectivity index (χ3v) is 4.83. The van der Waals surface area contributed by atoms with Crippen molar-refractivity contribution in [2.24, 2.45) is 0 Å². The molecule has 0 radical (unpaired) electrons. The topological polar surface area (TPSA) is 67.4 Å². The highest BCUT2D eigenvalue weighted by Gasteiger charge is 2.27. The van der Waals surface area contributed by atoms with Gasteiger partial charge < -0.3 is 10.1 Å². The third-order valence-electron chi connectivity index (χ3n) is 3.05. The van der Waals surface area contributed by atoms with E-state index < -0.39 is 10.0 Å². The zero-order valence-electron chi connectivity index (χ0n) is 10.3. The van der Waals surface area contributed by atoms with Crippen LogP contribution in [0.2, 0.25) is 0 Å². The van der Waals surface area contributed by atoms with Gasteiger partial charge in [-0.1, -0.05) is 12.1 Å². The Balaban J connectivity index is 2.16. The number of sulfonamides is 1. The Hall–Kier alpha value is -1.27. The van der Waals surface area contributed by atoms with Gasteiger partial charge >= 0.3 is 0 Å². The summed E-state index contributed by atoms with van der Waals surface area (Å²) in [4.78, 5) is 0. The number of methoxy groups -OCH3 is 1. The third kappa shape index (κ3) is 2.94. The van der Waals surface area contributed by atoms with Gasteiger partial charge in [-0.3, -0.25) is 4.72 Å². The molecule has 2 rings (SSSR count). The second-order valence-corrected chi connectivity index (χ2v) is 6.28. The van der Waals surface area contributed by atoms with Crippen molar-refractivity contribution in [3.05, 3.63) is 24.3 Å². The highest BCUT2D eigenvalue weighted by Crippen LogP contribution is 2.25. The minimum Gasteiger partial charge on any atom is -0.495 e. The van der Waals surface area contributed by atoms with E-state index in [1.807, 2.05) is 0 Å². The van der Waals surface area contributed by atoms with Crippen molar-refractivity contribution in [2.45, 2.75) is 18.1 Å². The van der Waals surface area contributed by atoms with E-state index in [1.165, 1.54) is 7.11 Å². The molecule has 100 valence electrons. The van der Waals surface area contributed by atoms with Crippen LogP contribution < -0.4 is 14.8 Å². The molecule has 1 aliphatic rings. The van der Waals surface area contributed by atoms with E-state index in [2.05, 4.69) is 10.0 Å². The molecule has 1 aliphatic heterocycles. The highest BCUT2D eigenvalue weighted by atomic mass is 32.2. The molecule has 5 nitrogen and oxygen atoms in total. The highest BCUT2D eigenvalue weighted by molar-refractivity contribution is 7.93. The van der Waals surface area contributed by atoms with Crippen LogP contribution in [0.3, 0.4) is 0 Å². The number of ether oxygens (including phenoxy) is 1.